The molecule has 0 heterocycles. The third-order valence-electron chi connectivity index (χ3n) is 3.77. The lowest BCUT2D eigenvalue weighted by molar-refractivity contribution is -0.0103. The van der Waals surface area contributed by atoms with E-state index >= 15 is 0 Å². The fourth-order valence-electron chi connectivity index (χ4n) is 2.56. The highest BCUT2D eigenvalue weighted by Gasteiger charge is 2.14. The van der Waals surface area contributed by atoms with Gasteiger partial charge in [-0.25, -0.2) is 0 Å². The first-order chi connectivity index (χ1) is 12.0. The first-order valence-corrected chi connectivity index (χ1v) is 8.72. The van der Waals surface area contributed by atoms with Crippen molar-refractivity contribution in [3.8, 4) is 11.5 Å². The molecule has 0 spiro atoms. The number of aliphatic hydroxyl groups is 1. The van der Waals surface area contributed by atoms with Crippen LogP contribution >= 0.6 is 0 Å². The summed E-state index contributed by atoms with van der Waals surface area (Å²) in [5, 5.41) is 10.2. The van der Waals surface area contributed by atoms with Crippen LogP contribution in [0.2, 0.25) is 0 Å². The molecule has 6 nitrogen and oxygen atoms in total. The van der Waals surface area contributed by atoms with Crippen molar-refractivity contribution in [2.24, 2.45) is 0 Å². The summed E-state index contributed by atoms with van der Waals surface area (Å²) >= 11 is 0. The minimum Gasteiger partial charge on any atom is -0.493 e. The van der Waals surface area contributed by atoms with E-state index in [2.05, 4.69) is 4.90 Å². The van der Waals surface area contributed by atoms with Crippen LogP contribution in [-0.4, -0.2) is 69.8 Å². The quantitative estimate of drug-likeness (QED) is 0.548. The highest BCUT2D eigenvalue weighted by Crippen LogP contribution is 2.28. The van der Waals surface area contributed by atoms with Crippen LogP contribution in [0.25, 0.3) is 0 Å². The SMILES string of the molecule is COCCCN(Cc1ccc(OC)c(OC)c1)CC(O)COC(C)C. The molecule has 0 aliphatic carbocycles. The van der Waals surface area contributed by atoms with Crippen LogP contribution in [0.1, 0.15) is 25.8 Å². The summed E-state index contributed by atoms with van der Waals surface area (Å²) in [7, 11) is 4.95. The monoisotopic (exact) mass is 355 g/mol. The molecule has 0 saturated heterocycles. The normalized spacial score (nSPS) is 12.6. The summed E-state index contributed by atoms with van der Waals surface area (Å²) in [5.74, 6) is 1.42. The lowest BCUT2D eigenvalue weighted by atomic mass is 10.1. The molecule has 25 heavy (non-hydrogen) atoms. The summed E-state index contributed by atoms with van der Waals surface area (Å²) < 4.78 is 21.3. The fraction of sp³-hybridized carbons (Fsp3) is 0.684. The van der Waals surface area contributed by atoms with Crippen LogP contribution in [0.4, 0.5) is 0 Å². The number of aliphatic hydroxyl groups excluding tert-OH is 1. The number of nitrogens with zero attached hydrogens (tertiary/aromatic N) is 1. The summed E-state index contributed by atoms with van der Waals surface area (Å²) in [4.78, 5) is 2.20. The number of hydrogen-bond donors (Lipinski definition) is 1. The second-order valence-corrected chi connectivity index (χ2v) is 6.31. The van der Waals surface area contributed by atoms with Crippen LogP contribution in [0.15, 0.2) is 18.2 Å². The van der Waals surface area contributed by atoms with Crippen molar-refractivity contribution in [1.29, 1.82) is 0 Å². The first kappa shape index (κ1) is 21.7. The molecule has 0 radical (unpaired) electrons. The second kappa shape index (κ2) is 12.1. The standard InChI is InChI=1S/C19H33NO5/c1-15(2)25-14-17(21)13-20(9-6-10-22-3)12-16-7-8-18(23-4)19(11-16)24-5/h7-8,11,15,17,21H,6,9-10,12-14H2,1-5H3. The van der Waals surface area contributed by atoms with Gasteiger partial charge in [0.25, 0.3) is 0 Å². The van der Waals surface area contributed by atoms with Gasteiger partial charge in [0.1, 0.15) is 0 Å². The minimum absolute atomic E-state index is 0.113. The maximum Gasteiger partial charge on any atom is 0.161 e. The molecule has 0 amide bonds. The molecule has 0 fully saturated rings. The van der Waals surface area contributed by atoms with Gasteiger partial charge in [-0.3, -0.25) is 4.90 Å². The molecule has 6 heteroatoms. The Morgan fingerprint density at radius 1 is 1.08 bits per heavy atom. The first-order valence-electron chi connectivity index (χ1n) is 8.72. The van der Waals surface area contributed by atoms with Crippen molar-refractivity contribution in [2.75, 3.05) is 47.6 Å². The van der Waals surface area contributed by atoms with Crippen molar-refractivity contribution in [3.05, 3.63) is 23.8 Å². The van der Waals surface area contributed by atoms with Gasteiger partial charge in [0.2, 0.25) is 0 Å². The van der Waals surface area contributed by atoms with Crippen LogP contribution in [0.5, 0.6) is 11.5 Å². The van der Waals surface area contributed by atoms with E-state index in [0.717, 1.165) is 18.5 Å². The molecule has 0 aliphatic heterocycles. The predicted octanol–water partition coefficient (Wildman–Crippen LogP) is 2.33. The van der Waals surface area contributed by atoms with Gasteiger partial charge < -0.3 is 24.1 Å². The summed E-state index contributed by atoms with van der Waals surface area (Å²) in [6.07, 6.45) is 0.495. The largest absolute Gasteiger partial charge is 0.493 e. The molecule has 1 aromatic carbocycles. The zero-order chi connectivity index (χ0) is 18.7. The molecule has 0 aliphatic rings. The number of rotatable bonds is 13. The van der Waals surface area contributed by atoms with Gasteiger partial charge in [0.05, 0.1) is 33.0 Å². The molecule has 0 saturated carbocycles. The molecule has 1 rings (SSSR count). The van der Waals surface area contributed by atoms with Crippen molar-refractivity contribution in [2.45, 2.75) is 39.0 Å². The van der Waals surface area contributed by atoms with Gasteiger partial charge in [-0.15, -0.1) is 0 Å². The molecular weight excluding hydrogens is 322 g/mol. The van der Waals surface area contributed by atoms with E-state index in [0.29, 0.717) is 37.8 Å². The number of hydrogen-bond acceptors (Lipinski definition) is 6. The van der Waals surface area contributed by atoms with Gasteiger partial charge in [-0.1, -0.05) is 6.07 Å². The molecule has 0 bridgehead atoms. The van der Waals surface area contributed by atoms with E-state index < -0.39 is 6.10 Å². The number of methoxy groups -OCH3 is 3. The molecular formula is C19H33NO5. The Morgan fingerprint density at radius 2 is 1.80 bits per heavy atom. The summed E-state index contributed by atoms with van der Waals surface area (Å²) in [5.41, 5.74) is 1.10. The van der Waals surface area contributed by atoms with Crippen LogP contribution in [0.3, 0.4) is 0 Å². The van der Waals surface area contributed by atoms with E-state index in [4.69, 9.17) is 18.9 Å². The topological polar surface area (TPSA) is 60.4 Å². The molecule has 1 N–H and O–H groups in total. The van der Waals surface area contributed by atoms with Crippen molar-refractivity contribution in [1.82, 2.24) is 4.90 Å². The van der Waals surface area contributed by atoms with Crippen LogP contribution in [-0.2, 0) is 16.0 Å². The Labute approximate surface area is 151 Å². The average Bonchev–Trinajstić information content (AvgIpc) is 2.59. The minimum atomic E-state index is -0.523. The van der Waals surface area contributed by atoms with Gasteiger partial charge in [-0.05, 0) is 38.0 Å². The van der Waals surface area contributed by atoms with Crippen molar-refractivity contribution >= 4 is 0 Å². The molecule has 1 aromatic rings. The van der Waals surface area contributed by atoms with Crippen LogP contribution in [0, 0.1) is 0 Å². The third-order valence-corrected chi connectivity index (χ3v) is 3.77. The van der Waals surface area contributed by atoms with Gasteiger partial charge in [0.15, 0.2) is 11.5 Å². The van der Waals surface area contributed by atoms with E-state index in [-0.39, 0.29) is 6.10 Å². The summed E-state index contributed by atoms with van der Waals surface area (Å²) in [6, 6.07) is 5.89. The molecule has 144 valence electrons. The molecule has 1 unspecified atom stereocenters. The van der Waals surface area contributed by atoms with Crippen LogP contribution < -0.4 is 9.47 Å². The zero-order valence-corrected chi connectivity index (χ0v) is 16.2. The third kappa shape index (κ3) is 8.54. The Bertz CT molecular complexity index is 481. The van der Waals surface area contributed by atoms with E-state index in [1.54, 1.807) is 21.3 Å². The predicted molar refractivity (Wildman–Crippen MR) is 98.4 cm³/mol. The highest BCUT2D eigenvalue weighted by molar-refractivity contribution is 5.42. The maximum atomic E-state index is 10.2. The maximum absolute atomic E-state index is 10.2. The van der Waals surface area contributed by atoms with Gasteiger partial charge in [0, 0.05) is 33.4 Å². The highest BCUT2D eigenvalue weighted by atomic mass is 16.5. The van der Waals surface area contributed by atoms with E-state index in [1.165, 1.54) is 0 Å². The summed E-state index contributed by atoms with van der Waals surface area (Å²) in [6.45, 7) is 7.05. The Kier molecular flexibility index (Phi) is 10.5. The Hall–Kier alpha value is -1.34. The number of benzene rings is 1. The Balaban J connectivity index is 2.71. The van der Waals surface area contributed by atoms with E-state index in [9.17, 15) is 5.11 Å². The molecule has 1 atom stereocenters. The van der Waals surface area contributed by atoms with Crippen molar-refractivity contribution < 1.29 is 24.1 Å². The molecule has 0 aromatic heterocycles. The lowest BCUT2D eigenvalue weighted by Crippen LogP contribution is -2.36. The second-order valence-electron chi connectivity index (χ2n) is 6.31. The zero-order valence-electron chi connectivity index (χ0n) is 16.2. The average molecular weight is 355 g/mol. The Morgan fingerprint density at radius 3 is 2.40 bits per heavy atom. The van der Waals surface area contributed by atoms with Crippen molar-refractivity contribution in [3.63, 3.8) is 0 Å². The van der Waals surface area contributed by atoms with E-state index in [1.807, 2.05) is 32.0 Å². The number of ether oxygens (including phenoxy) is 4. The fourth-order valence-corrected chi connectivity index (χ4v) is 2.56. The smallest absolute Gasteiger partial charge is 0.161 e. The lowest BCUT2D eigenvalue weighted by Gasteiger charge is -2.26. The van der Waals surface area contributed by atoms with Gasteiger partial charge in [-0.2, -0.15) is 0 Å². The van der Waals surface area contributed by atoms with Gasteiger partial charge >= 0.3 is 0 Å².